The molecule has 1 N–H and O–H groups in total. The summed E-state index contributed by atoms with van der Waals surface area (Å²) in [5, 5.41) is 4.31. The molecule has 3 aromatic rings. The highest BCUT2D eigenvalue weighted by molar-refractivity contribution is 5.95. The SMILES string of the molecule is COc1ccc2nc(C(=O)N3CCNCC3c3cccnc3)ccc2c1.Cl.Cl. The van der Waals surface area contributed by atoms with Crippen molar-refractivity contribution in [3.8, 4) is 5.75 Å². The van der Waals surface area contributed by atoms with Crippen molar-refractivity contribution in [2.24, 2.45) is 0 Å². The maximum absolute atomic E-state index is 13.1. The predicted molar refractivity (Wildman–Crippen MR) is 114 cm³/mol. The summed E-state index contributed by atoms with van der Waals surface area (Å²) in [6.07, 6.45) is 3.56. The third-order valence-electron chi connectivity index (χ3n) is 4.69. The topological polar surface area (TPSA) is 67.3 Å². The van der Waals surface area contributed by atoms with Gasteiger partial charge in [-0.2, -0.15) is 0 Å². The molecule has 0 bridgehead atoms. The second-order valence-corrected chi connectivity index (χ2v) is 6.26. The van der Waals surface area contributed by atoms with Gasteiger partial charge < -0.3 is 15.0 Å². The Balaban J connectivity index is 0.00000140. The van der Waals surface area contributed by atoms with E-state index in [0.717, 1.165) is 28.8 Å². The molecule has 1 aliphatic heterocycles. The number of halogens is 2. The monoisotopic (exact) mass is 420 g/mol. The minimum atomic E-state index is -0.0573. The standard InChI is InChI=1S/C20H20N4O2.2ClH/c1-26-16-5-7-17-14(11-16)4-6-18(23-17)20(25)24-10-9-22-13-19(24)15-3-2-8-21-12-15;;/h2-8,11-12,19,22H,9-10,13H2,1H3;2*1H. The van der Waals surface area contributed by atoms with Crippen LogP contribution in [0.1, 0.15) is 22.1 Å². The number of piperazine rings is 1. The zero-order chi connectivity index (χ0) is 17.9. The first kappa shape index (κ1) is 21.9. The van der Waals surface area contributed by atoms with E-state index in [4.69, 9.17) is 4.74 Å². The molecule has 2 aromatic heterocycles. The number of aromatic nitrogens is 2. The summed E-state index contributed by atoms with van der Waals surface area (Å²) in [5.74, 6) is 0.718. The fourth-order valence-corrected chi connectivity index (χ4v) is 3.32. The van der Waals surface area contributed by atoms with Gasteiger partial charge >= 0.3 is 0 Å². The van der Waals surface area contributed by atoms with Crippen LogP contribution in [0.3, 0.4) is 0 Å². The second-order valence-electron chi connectivity index (χ2n) is 6.26. The number of hydrogen-bond donors (Lipinski definition) is 1. The van der Waals surface area contributed by atoms with Crippen molar-refractivity contribution in [3.63, 3.8) is 0 Å². The summed E-state index contributed by atoms with van der Waals surface area (Å²) in [6.45, 7) is 2.12. The Morgan fingerprint density at radius 1 is 1.21 bits per heavy atom. The van der Waals surface area contributed by atoms with Gasteiger partial charge in [0.15, 0.2) is 0 Å². The summed E-state index contributed by atoms with van der Waals surface area (Å²) < 4.78 is 5.24. The van der Waals surface area contributed by atoms with E-state index in [9.17, 15) is 4.79 Å². The zero-order valence-electron chi connectivity index (χ0n) is 15.4. The predicted octanol–water partition coefficient (Wildman–Crippen LogP) is 3.27. The summed E-state index contributed by atoms with van der Waals surface area (Å²) in [5.41, 5.74) is 2.27. The highest BCUT2D eigenvalue weighted by atomic mass is 35.5. The number of benzene rings is 1. The van der Waals surface area contributed by atoms with Crippen molar-refractivity contribution in [1.29, 1.82) is 0 Å². The van der Waals surface area contributed by atoms with Gasteiger partial charge in [-0.1, -0.05) is 12.1 Å². The molecule has 1 amide bonds. The van der Waals surface area contributed by atoms with Gasteiger partial charge in [-0.25, -0.2) is 4.98 Å². The van der Waals surface area contributed by atoms with Crippen LogP contribution in [-0.4, -0.2) is 47.5 Å². The number of carbonyl (C=O) groups is 1. The van der Waals surface area contributed by atoms with E-state index in [1.165, 1.54) is 0 Å². The van der Waals surface area contributed by atoms with Gasteiger partial charge in [-0.3, -0.25) is 9.78 Å². The van der Waals surface area contributed by atoms with E-state index in [1.807, 2.05) is 47.5 Å². The van der Waals surface area contributed by atoms with E-state index < -0.39 is 0 Å². The number of carbonyl (C=O) groups excluding carboxylic acids is 1. The van der Waals surface area contributed by atoms with Crippen LogP contribution in [0.5, 0.6) is 5.75 Å². The molecule has 4 rings (SSSR count). The van der Waals surface area contributed by atoms with Crippen molar-refractivity contribution >= 4 is 41.6 Å². The quantitative estimate of drug-likeness (QED) is 0.703. The summed E-state index contributed by atoms with van der Waals surface area (Å²) in [7, 11) is 1.63. The first-order valence-electron chi connectivity index (χ1n) is 8.62. The lowest BCUT2D eigenvalue weighted by Gasteiger charge is -2.36. The molecule has 0 spiro atoms. The molecule has 0 saturated carbocycles. The van der Waals surface area contributed by atoms with Crippen molar-refractivity contribution in [1.82, 2.24) is 20.2 Å². The maximum Gasteiger partial charge on any atom is 0.273 e. The smallest absolute Gasteiger partial charge is 0.273 e. The van der Waals surface area contributed by atoms with Crippen molar-refractivity contribution in [3.05, 3.63) is 66.1 Å². The molecule has 0 radical (unpaired) electrons. The highest BCUT2D eigenvalue weighted by Gasteiger charge is 2.29. The molecule has 148 valence electrons. The number of pyridine rings is 2. The average molecular weight is 421 g/mol. The Morgan fingerprint density at radius 3 is 2.82 bits per heavy atom. The van der Waals surface area contributed by atoms with Gasteiger partial charge in [0.25, 0.3) is 5.91 Å². The molecule has 28 heavy (non-hydrogen) atoms. The molecule has 1 fully saturated rings. The average Bonchev–Trinajstić information content (AvgIpc) is 2.73. The minimum absolute atomic E-state index is 0. The normalized spacial score (nSPS) is 16.0. The Morgan fingerprint density at radius 2 is 2.07 bits per heavy atom. The van der Waals surface area contributed by atoms with Crippen LogP contribution in [0.15, 0.2) is 54.9 Å². The molecule has 0 aliphatic carbocycles. The number of amides is 1. The Kier molecular flexibility index (Phi) is 7.57. The first-order valence-corrected chi connectivity index (χ1v) is 8.62. The van der Waals surface area contributed by atoms with E-state index in [1.54, 1.807) is 19.4 Å². The van der Waals surface area contributed by atoms with Crippen molar-refractivity contribution < 1.29 is 9.53 Å². The van der Waals surface area contributed by atoms with Crippen LogP contribution in [0, 0.1) is 0 Å². The van der Waals surface area contributed by atoms with Crippen molar-refractivity contribution in [2.75, 3.05) is 26.7 Å². The highest BCUT2D eigenvalue weighted by Crippen LogP contribution is 2.25. The number of nitrogens with zero attached hydrogens (tertiary/aromatic N) is 3. The number of rotatable bonds is 3. The van der Waals surface area contributed by atoms with E-state index in [0.29, 0.717) is 18.8 Å². The van der Waals surface area contributed by atoms with Gasteiger partial charge in [0.1, 0.15) is 11.4 Å². The molecular formula is C20H22Cl2N4O2. The van der Waals surface area contributed by atoms with Gasteiger partial charge in [0.2, 0.25) is 0 Å². The van der Waals surface area contributed by atoms with Gasteiger partial charge in [-0.15, -0.1) is 24.8 Å². The number of nitrogens with one attached hydrogen (secondary N) is 1. The lowest BCUT2D eigenvalue weighted by atomic mass is 10.0. The van der Waals surface area contributed by atoms with Gasteiger partial charge in [-0.05, 0) is 35.9 Å². The molecule has 1 aliphatic rings. The van der Waals surface area contributed by atoms with E-state index >= 15 is 0 Å². The molecule has 1 saturated heterocycles. The van der Waals surface area contributed by atoms with Crippen LogP contribution in [0.4, 0.5) is 0 Å². The molecule has 1 unspecified atom stereocenters. The number of methoxy groups -OCH3 is 1. The number of hydrogen-bond acceptors (Lipinski definition) is 5. The Bertz CT molecular complexity index is 940. The van der Waals surface area contributed by atoms with Crippen LogP contribution in [-0.2, 0) is 0 Å². The zero-order valence-corrected chi connectivity index (χ0v) is 17.0. The van der Waals surface area contributed by atoms with Crippen LogP contribution in [0.25, 0.3) is 10.9 Å². The van der Waals surface area contributed by atoms with Crippen molar-refractivity contribution in [2.45, 2.75) is 6.04 Å². The lowest BCUT2D eigenvalue weighted by Crippen LogP contribution is -2.48. The Labute approximate surface area is 176 Å². The number of ether oxygens (including phenoxy) is 1. The lowest BCUT2D eigenvalue weighted by molar-refractivity contribution is 0.0628. The van der Waals surface area contributed by atoms with Crippen LogP contribution in [0.2, 0.25) is 0 Å². The van der Waals surface area contributed by atoms with Gasteiger partial charge in [0, 0.05) is 37.4 Å². The first-order chi connectivity index (χ1) is 12.8. The summed E-state index contributed by atoms with van der Waals surface area (Å²) in [4.78, 5) is 23.8. The molecular weight excluding hydrogens is 399 g/mol. The third kappa shape index (κ3) is 4.35. The fourth-order valence-electron chi connectivity index (χ4n) is 3.32. The molecule has 6 nitrogen and oxygen atoms in total. The minimum Gasteiger partial charge on any atom is -0.497 e. The van der Waals surface area contributed by atoms with Gasteiger partial charge in [0.05, 0.1) is 18.7 Å². The summed E-state index contributed by atoms with van der Waals surface area (Å²) in [6, 6.07) is 13.2. The number of fused-ring (bicyclic) bond motifs is 1. The maximum atomic E-state index is 13.1. The van der Waals surface area contributed by atoms with E-state index in [2.05, 4.69) is 15.3 Å². The molecule has 1 atom stereocenters. The Hall–Kier alpha value is -2.41. The van der Waals surface area contributed by atoms with Crippen LogP contribution >= 0.6 is 24.8 Å². The third-order valence-corrected chi connectivity index (χ3v) is 4.69. The molecule has 8 heteroatoms. The summed E-state index contributed by atoms with van der Waals surface area (Å²) >= 11 is 0. The molecule has 3 heterocycles. The fraction of sp³-hybridized carbons (Fsp3) is 0.250. The van der Waals surface area contributed by atoms with Crippen LogP contribution < -0.4 is 10.1 Å². The molecule has 1 aromatic carbocycles. The van der Waals surface area contributed by atoms with E-state index in [-0.39, 0.29) is 36.8 Å². The largest absolute Gasteiger partial charge is 0.497 e. The second kappa shape index (κ2) is 9.68.